The van der Waals surface area contributed by atoms with E-state index in [0.717, 1.165) is 0 Å². The van der Waals surface area contributed by atoms with Crippen LogP contribution in [0.1, 0.15) is 5.69 Å². The molecule has 1 aromatic carbocycles. The van der Waals surface area contributed by atoms with Crippen molar-refractivity contribution in [3.05, 3.63) is 60.3 Å². The Labute approximate surface area is 109 Å². The van der Waals surface area contributed by atoms with Crippen LogP contribution in [0.4, 0.5) is 10.1 Å². The van der Waals surface area contributed by atoms with Gasteiger partial charge in [-0.2, -0.15) is 0 Å². The third-order valence-corrected chi connectivity index (χ3v) is 2.73. The monoisotopic (exact) mass is 257 g/mol. The van der Waals surface area contributed by atoms with Crippen molar-refractivity contribution >= 4 is 11.3 Å². The lowest BCUT2D eigenvalue weighted by Gasteiger charge is -2.04. The Morgan fingerprint density at radius 1 is 1.26 bits per heavy atom. The van der Waals surface area contributed by atoms with E-state index in [0.29, 0.717) is 22.8 Å². The molecular weight excluding hydrogens is 245 g/mol. The van der Waals surface area contributed by atoms with Crippen molar-refractivity contribution < 1.29 is 9.13 Å². The normalized spacial score (nSPS) is 10.8. The first-order chi connectivity index (χ1) is 9.22. The van der Waals surface area contributed by atoms with Gasteiger partial charge < -0.3 is 14.9 Å². The maximum Gasteiger partial charge on any atom is 0.173 e. The molecule has 3 rings (SSSR count). The Hall–Kier alpha value is -2.56. The predicted molar refractivity (Wildman–Crippen MR) is 70.3 cm³/mol. The number of pyridine rings is 1. The molecule has 2 N–H and O–H groups in total. The standard InChI is InChI=1S/C14H12FN3O/c15-13-5-2-6-18-8-11(17-14(13)18)9-19-12-4-1-3-10(16)7-12/h1-8H,9,16H2. The van der Waals surface area contributed by atoms with Gasteiger partial charge in [0.25, 0.3) is 0 Å². The SMILES string of the molecule is Nc1cccc(OCc2cn3cccc(F)c3n2)c1. The maximum atomic E-state index is 13.5. The second kappa shape index (κ2) is 4.61. The van der Waals surface area contributed by atoms with E-state index < -0.39 is 0 Å². The second-order valence-corrected chi connectivity index (χ2v) is 4.18. The fourth-order valence-corrected chi connectivity index (χ4v) is 1.86. The van der Waals surface area contributed by atoms with E-state index in [4.69, 9.17) is 10.5 Å². The number of ether oxygens (including phenoxy) is 1. The number of fused-ring (bicyclic) bond motifs is 1. The van der Waals surface area contributed by atoms with Gasteiger partial charge in [-0.05, 0) is 24.3 Å². The molecule has 2 aromatic heterocycles. The number of hydrogen-bond acceptors (Lipinski definition) is 3. The molecule has 4 nitrogen and oxygen atoms in total. The third kappa shape index (κ3) is 2.35. The summed E-state index contributed by atoms with van der Waals surface area (Å²) in [4.78, 5) is 4.18. The van der Waals surface area contributed by atoms with Crippen molar-refractivity contribution in [2.75, 3.05) is 5.73 Å². The fraction of sp³-hybridized carbons (Fsp3) is 0.0714. The highest BCUT2D eigenvalue weighted by Gasteiger charge is 2.06. The van der Waals surface area contributed by atoms with Gasteiger partial charge in [0.1, 0.15) is 12.4 Å². The van der Waals surface area contributed by atoms with Crippen LogP contribution >= 0.6 is 0 Å². The molecule has 0 aliphatic rings. The minimum absolute atomic E-state index is 0.268. The Balaban J connectivity index is 1.80. The van der Waals surface area contributed by atoms with E-state index in [1.54, 1.807) is 35.0 Å². The molecule has 5 heteroatoms. The molecule has 0 fully saturated rings. The summed E-state index contributed by atoms with van der Waals surface area (Å²) in [6.45, 7) is 0.268. The van der Waals surface area contributed by atoms with E-state index in [1.165, 1.54) is 6.07 Å². The zero-order valence-corrected chi connectivity index (χ0v) is 10.1. The molecule has 3 aromatic rings. The van der Waals surface area contributed by atoms with Crippen LogP contribution in [0.15, 0.2) is 48.8 Å². The number of benzene rings is 1. The number of rotatable bonds is 3. The molecule has 0 aliphatic carbocycles. The second-order valence-electron chi connectivity index (χ2n) is 4.18. The maximum absolute atomic E-state index is 13.5. The van der Waals surface area contributed by atoms with Gasteiger partial charge in [0.15, 0.2) is 11.5 Å². The highest BCUT2D eigenvalue weighted by atomic mass is 19.1. The molecule has 19 heavy (non-hydrogen) atoms. The fourth-order valence-electron chi connectivity index (χ4n) is 1.86. The number of imidazole rings is 1. The van der Waals surface area contributed by atoms with Crippen LogP contribution in [0.3, 0.4) is 0 Å². The third-order valence-electron chi connectivity index (χ3n) is 2.73. The summed E-state index contributed by atoms with van der Waals surface area (Å²) in [6.07, 6.45) is 3.49. The van der Waals surface area contributed by atoms with E-state index >= 15 is 0 Å². The molecular formula is C14H12FN3O. The topological polar surface area (TPSA) is 52.5 Å². The number of halogens is 1. The average Bonchev–Trinajstić information content (AvgIpc) is 2.81. The number of aromatic nitrogens is 2. The first-order valence-electron chi connectivity index (χ1n) is 5.83. The van der Waals surface area contributed by atoms with Crippen molar-refractivity contribution in [2.45, 2.75) is 6.61 Å². The molecule has 0 radical (unpaired) electrons. The number of nitrogens with zero attached hydrogens (tertiary/aromatic N) is 2. The lowest BCUT2D eigenvalue weighted by atomic mass is 10.3. The van der Waals surface area contributed by atoms with Crippen LogP contribution in [0.5, 0.6) is 5.75 Å². The molecule has 0 aliphatic heterocycles. The van der Waals surface area contributed by atoms with Crippen LogP contribution in [-0.4, -0.2) is 9.38 Å². The van der Waals surface area contributed by atoms with Crippen LogP contribution < -0.4 is 10.5 Å². The van der Waals surface area contributed by atoms with Crippen LogP contribution in [0.2, 0.25) is 0 Å². The minimum Gasteiger partial charge on any atom is -0.487 e. The molecule has 2 heterocycles. The van der Waals surface area contributed by atoms with Gasteiger partial charge in [-0.15, -0.1) is 0 Å². The number of nitrogens with two attached hydrogens (primary N) is 1. The summed E-state index contributed by atoms with van der Waals surface area (Å²) in [5.74, 6) is 0.315. The summed E-state index contributed by atoms with van der Waals surface area (Å²) in [5.41, 5.74) is 7.26. The van der Waals surface area contributed by atoms with Crippen LogP contribution in [0.25, 0.3) is 5.65 Å². The van der Waals surface area contributed by atoms with Gasteiger partial charge in [0.2, 0.25) is 0 Å². The van der Waals surface area contributed by atoms with Gasteiger partial charge in [-0.1, -0.05) is 6.07 Å². The summed E-state index contributed by atoms with van der Waals surface area (Å²) in [6, 6.07) is 10.2. The van der Waals surface area contributed by atoms with Crippen molar-refractivity contribution in [3.8, 4) is 5.75 Å². The van der Waals surface area contributed by atoms with Crippen LogP contribution in [0, 0.1) is 5.82 Å². The van der Waals surface area contributed by atoms with Gasteiger partial charge in [-0.25, -0.2) is 9.37 Å². The van der Waals surface area contributed by atoms with Gasteiger partial charge >= 0.3 is 0 Å². The van der Waals surface area contributed by atoms with Crippen molar-refractivity contribution in [1.82, 2.24) is 9.38 Å². The highest BCUT2D eigenvalue weighted by molar-refractivity contribution is 5.44. The summed E-state index contributed by atoms with van der Waals surface area (Å²) in [5, 5.41) is 0. The average molecular weight is 257 g/mol. The van der Waals surface area contributed by atoms with E-state index in [1.807, 2.05) is 12.1 Å². The van der Waals surface area contributed by atoms with Gasteiger partial charge in [-0.3, -0.25) is 0 Å². The summed E-state index contributed by atoms with van der Waals surface area (Å²) >= 11 is 0. The first kappa shape index (κ1) is 11.5. The zero-order valence-electron chi connectivity index (χ0n) is 10.1. The zero-order chi connectivity index (χ0) is 13.2. The van der Waals surface area contributed by atoms with E-state index in [2.05, 4.69) is 4.98 Å². The van der Waals surface area contributed by atoms with Gasteiger partial charge in [0, 0.05) is 24.1 Å². The molecule has 0 atom stereocenters. The molecule has 0 amide bonds. The van der Waals surface area contributed by atoms with Crippen molar-refractivity contribution in [2.24, 2.45) is 0 Å². The summed E-state index contributed by atoms with van der Waals surface area (Å²) in [7, 11) is 0. The van der Waals surface area contributed by atoms with E-state index in [9.17, 15) is 4.39 Å². The molecule has 0 bridgehead atoms. The molecule has 0 spiro atoms. The van der Waals surface area contributed by atoms with Gasteiger partial charge in [0.05, 0.1) is 5.69 Å². The number of hydrogen-bond donors (Lipinski definition) is 1. The van der Waals surface area contributed by atoms with Crippen LogP contribution in [-0.2, 0) is 6.61 Å². The minimum atomic E-state index is -0.349. The van der Waals surface area contributed by atoms with Crippen molar-refractivity contribution in [3.63, 3.8) is 0 Å². The predicted octanol–water partition coefficient (Wildman–Crippen LogP) is 2.63. The number of nitrogen functional groups attached to an aromatic ring is 1. The van der Waals surface area contributed by atoms with Crippen molar-refractivity contribution in [1.29, 1.82) is 0 Å². The molecule has 96 valence electrons. The quantitative estimate of drug-likeness (QED) is 0.734. The Morgan fingerprint density at radius 3 is 2.95 bits per heavy atom. The molecule has 0 unspecified atom stereocenters. The first-order valence-corrected chi connectivity index (χ1v) is 5.83. The number of anilines is 1. The molecule has 0 saturated heterocycles. The highest BCUT2D eigenvalue weighted by Crippen LogP contribution is 2.16. The lowest BCUT2D eigenvalue weighted by molar-refractivity contribution is 0.302. The Bertz CT molecular complexity index is 724. The van der Waals surface area contributed by atoms with E-state index in [-0.39, 0.29) is 12.4 Å². The Kier molecular flexibility index (Phi) is 2.79. The largest absolute Gasteiger partial charge is 0.487 e. The Morgan fingerprint density at radius 2 is 2.16 bits per heavy atom. The summed E-state index contributed by atoms with van der Waals surface area (Å²) < 4.78 is 20.7. The molecule has 0 saturated carbocycles. The smallest absolute Gasteiger partial charge is 0.173 e. The lowest BCUT2D eigenvalue weighted by Crippen LogP contribution is -1.96.